The molecule has 0 bridgehead atoms. The van der Waals surface area contributed by atoms with E-state index in [2.05, 4.69) is 48.4 Å². The number of hydrogen-bond donors (Lipinski definition) is 1. The van der Waals surface area contributed by atoms with Crippen LogP contribution in [0.15, 0.2) is 61.2 Å². The molecule has 3 atom stereocenters. The number of benzene rings is 2. The van der Waals surface area contributed by atoms with Crippen molar-refractivity contribution in [1.29, 1.82) is 5.26 Å². The van der Waals surface area contributed by atoms with E-state index >= 15 is 0 Å². The van der Waals surface area contributed by atoms with Gasteiger partial charge < -0.3 is 5.11 Å². The molecule has 2 aromatic rings. The van der Waals surface area contributed by atoms with Crippen molar-refractivity contribution in [2.45, 2.75) is 32.0 Å². The van der Waals surface area contributed by atoms with Gasteiger partial charge in [0.15, 0.2) is 0 Å². The van der Waals surface area contributed by atoms with E-state index in [0.29, 0.717) is 17.6 Å². The molecule has 0 saturated carbocycles. The van der Waals surface area contributed by atoms with Gasteiger partial charge in [-0.05, 0) is 49.2 Å². The zero-order valence-corrected chi connectivity index (χ0v) is 16.0. The molecular weight excluding hydrogens is 334 g/mol. The van der Waals surface area contributed by atoms with Crippen LogP contribution in [0, 0.1) is 11.3 Å². The normalized spacial score (nSPS) is 22.1. The standard InChI is InChI=1S/C23H27N3O/c1-4-11-25-15-18(3)26(16-17(25)2)23(21-9-6-10-22(27)13-21)20-8-5-7-19(12-20)14-24/h4-10,12-13,17-18,23,27H,1,11,15-16H2,2-3H3/t17?,18?,23-/m1/s1. The number of rotatable bonds is 5. The average molecular weight is 361 g/mol. The van der Waals surface area contributed by atoms with Crippen molar-refractivity contribution < 1.29 is 5.11 Å². The minimum Gasteiger partial charge on any atom is -0.508 e. The third-order valence-electron chi connectivity index (χ3n) is 5.38. The molecule has 2 aromatic carbocycles. The summed E-state index contributed by atoms with van der Waals surface area (Å²) in [5.74, 6) is 0.264. The molecule has 140 valence electrons. The van der Waals surface area contributed by atoms with Crippen molar-refractivity contribution in [2.24, 2.45) is 0 Å². The predicted octanol–water partition coefficient (Wildman–Crippen LogP) is 3.93. The van der Waals surface area contributed by atoms with Gasteiger partial charge in [-0.15, -0.1) is 6.58 Å². The number of nitriles is 1. The highest BCUT2D eigenvalue weighted by atomic mass is 16.3. The maximum Gasteiger partial charge on any atom is 0.115 e. The van der Waals surface area contributed by atoms with Gasteiger partial charge in [0.2, 0.25) is 0 Å². The first-order chi connectivity index (χ1) is 13.0. The Bertz CT molecular complexity index is 842. The summed E-state index contributed by atoms with van der Waals surface area (Å²) in [6.45, 7) is 11.1. The Morgan fingerprint density at radius 2 is 1.85 bits per heavy atom. The average Bonchev–Trinajstić information content (AvgIpc) is 2.66. The van der Waals surface area contributed by atoms with Crippen LogP contribution in [0.5, 0.6) is 5.75 Å². The summed E-state index contributed by atoms with van der Waals surface area (Å²) in [6, 6.07) is 18.2. The maximum absolute atomic E-state index is 10.0. The molecule has 0 radical (unpaired) electrons. The van der Waals surface area contributed by atoms with E-state index in [1.807, 2.05) is 36.4 Å². The van der Waals surface area contributed by atoms with E-state index in [9.17, 15) is 10.4 Å². The van der Waals surface area contributed by atoms with Gasteiger partial charge >= 0.3 is 0 Å². The van der Waals surface area contributed by atoms with Crippen LogP contribution >= 0.6 is 0 Å². The fourth-order valence-corrected chi connectivity index (χ4v) is 4.05. The lowest BCUT2D eigenvalue weighted by Crippen LogP contribution is -2.57. The van der Waals surface area contributed by atoms with Crippen LogP contribution in [0.2, 0.25) is 0 Å². The molecule has 0 aromatic heterocycles. The van der Waals surface area contributed by atoms with E-state index in [0.717, 1.165) is 30.8 Å². The molecule has 1 heterocycles. The van der Waals surface area contributed by atoms with E-state index in [1.165, 1.54) is 0 Å². The second-order valence-corrected chi connectivity index (χ2v) is 7.37. The van der Waals surface area contributed by atoms with Gasteiger partial charge in [-0.1, -0.05) is 30.3 Å². The van der Waals surface area contributed by atoms with Crippen LogP contribution in [-0.4, -0.2) is 46.6 Å². The number of nitrogens with zero attached hydrogens (tertiary/aromatic N) is 3. The Kier molecular flexibility index (Phi) is 5.95. The van der Waals surface area contributed by atoms with E-state index in [4.69, 9.17) is 0 Å². The number of hydrogen-bond acceptors (Lipinski definition) is 4. The molecule has 3 rings (SSSR count). The fraction of sp³-hybridized carbons (Fsp3) is 0.348. The van der Waals surface area contributed by atoms with Crippen molar-refractivity contribution in [3.8, 4) is 11.8 Å². The summed E-state index contributed by atoms with van der Waals surface area (Å²) in [4.78, 5) is 4.93. The predicted molar refractivity (Wildman–Crippen MR) is 109 cm³/mol. The first-order valence-corrected chi connectivity index (χ1v) is 9.43. The zero-order valence-electron chi connectivity index (χ0n) is 16.0. The van der Waals surface area contributed by atoms with Crippen molar-refractivity contribution >= 4 is 0 Å². The SMILES string of the molecule is C=CCN1CC(C)N([C@@H](c2cccc(O)c2)c2cccc(C#N)c2)CC1C. The first kappa shape index (κ1) is 19.2. The largest absolute Gasteiger partial charge is 0.508 e. The molecule has 0 amide bonds. The van der Waals surface area contributed by atoms with Gasteiger partial charge in [0.05, 0.1) is 17.7 Å². The highest BCUT2D eigenvalue weighted by molar-refractivity contribution is 5.40. The second-order valence-electron chi connectivity index (χ2n) is 7.37. The van der Waals surface area contributed by atoms with Crippen LogP contribution in [0.1, 0.15) is 36.6 Å². The second kappa shape index (κ2) is 8.39. The molecule has 2 unspecified atom stereocenters. The Balaban J connectivity index is 2.02. The van der Waals surface area contributed by atoms with Crippen molar-refractivity contribution in [3.05, 3.63) is 77.9 Å². The molecule has 1 fully saturated rings. The third-order valence-corrected chi connectivity index (χ3v) is 5.38. The quantitative estimate of drug-likeness (QED) is 0.820. The highest BCUT2D eigenvalue weighted by Gasteiger charge is 2.34. The Hall–Kier alpha value is -2.61. The molecule has 1 N–H and O–H groups in total. The van der Waals surface area contributed by atoms with Crippen LogP contribution < -0.4 is 0 Å². The van der Waals surface area contributed by atoms with Gasteiger partial charge in [-0.2, -0.15) is 5.26 Å². The minimum absolute atomic E-state index is 0.00580. The van der Waals surface area contributed by atoms with Gasteiger partial charge in [-0.25, -0.2) is 0 Å². The Morgan fingerprint density at radius 3 is 2.52 bits per heavy atom. The summed E-state index contributed by atoms with van der Waals surface area (Å²) >= 11 is 0. The molecule has 1 aliphatic heterocycles. The smallest absolute Gasteiger partial charge is 0.115 e. The van der Waals surface area contributed by atoms with Gasteiger partial charge in [-0.3, -0.25) is 9.80 Å². The zero-order chi connectivity index (χ0) is 19.4. The molecular formula is C23H27N3O. The maximum atomic E-state index is 10.0. The molecule has 4 heteroatoms. The van der Waals surface area contributed by atoms with Crippen LogP contribution in [0.3, 0.4) is 0 Å². The molecule has 4 nitrogen and oxygen atoms in total. The number of aromatic hydroxyl groups is 1. The summed E-state index contributed by atoms with van der Waals surface area (Å²) in [7, 11) is 0. The fourth-order valence-electron chi connectivity index (χ4n) is 4.05. The van der Waals surface area contributed by atoms with Crippen LogP contribution in [0.4, 0.5) is 0 Å². The van der Waals surface area contributed by atoms with Gasteiger partial charge in [0.25, 0.3) is 0 Å². The van der Waals surface area contributed by atoms with Gasteiger partial charge in [0, 0.05) is 31.7 Å². The Labute approximate surface area is 162 Å². The number of phenolic OH excluding ortho intramolecular Hbond substituents is 1. The lowest BCUT2D eigenvalue weighted by molar-refractivity contribution is 0.0306. The molecule has 0 spiro atoms. The van der Waals surface area contributed by atoms with E-state index in [1.54, 1.807) is 6.07 Å². The highest BCUT2D eigenvalue weighted by Crippen LogP contribution is 2.34. The summed E-state index contributed by atoms with van der Waals surface area (Å²) in [5, 5.41) is 19.4. The minimum atomic E-state index is -0.00580. The molecule has 27 heavy (non-hydrogen) atoms. The number of piperazine rings is 1. The van der Waals surface area contributed by atoms with Crippen molar-refractivity contribution in [1.82, 2.24) is 9.80 Å². The monoisotopic (exact) mass is 361 g/mol. The van der Waals surface area contributed by atoms with E-state index in [-0.39, 0.29) is 11.8 Å². The lowest BCUT2D eigenvalue weighted by atomic mass is 9.92. The summed E-state index contributed by atoms with van der Waals surface area (Å²) in [5.41, 5.74) is 2.78. The van der Waals surface area contributed by atoms with E-state index < -0.39 is 0 Å². The van der Waals surface area contributed by atoms with Crippen molar-refractivity contribution in [2.75, 3.05) is 19.6 Å². The van der Waals surface area contributed by atoms with Crippen LogP contribution in [-0.2, 0) is 0 Å². The Morgan fingerprint density at radius 1 is 1.15 bits per heavy atom. The number of phenols is 1. The first-order valence-electron chi connectivity index (χ1n) is 9.43. The molecule has 1 aliphatic rings. The lowest BCUT2D eigenvalue weighted by Gasteiger charge is -2.47. The summed E-state index contributed by atoms with van der Waals surface area (Å²) < 4.78 is 0. The van der Waals surface area contributed by atoms with Crippen molar-refractivity contribution in [3.63, 3.8) is 0 Å². The van der Waals surface area contributed by atoms with Gasteiger partial charge in [0.1, 0.15) is 5.75 Å². The molecule has 0 aliphatic carbocycles. The van der Waals surface area contributed by atoms with Crippen LogP contribution in [0.25, 0.3) is 0 Å². The summed E-state index contributed by atoms with van der Waals surface area (Å²) in [6.07, 6.45) is 1.96. The molecule has 1 saturated heterocycles. The third kappa shape index (κ3) is 4.21. The topological polar surface area (TPSA) is 50.5 Å².